The first-order valence-corrected chi connectivity index (χ1v) is 7.06. The number of carboxylic acid groups (broad SMARTS) is 1. The predicted molar refractivity (Wildman–Crippen MR) is 73.8 cm³/mol. The molecule has 0 heterocycles. The minimum Gasteiger partial charge on any atom is -0.480 e. The van der Waals surface area contributed by atoms with Crippen molar-refractivity contribution in [1.82, 2.24) is 5.32 Å². The lowest BCUT2D eigenvalue weighted by Crippen LogP contribution is -2.53. The maximum absolute atomic E-state index is 11.2. The molecule has 0 spiro atoms. The first-order valence-electron chi connectivity index (χ1n) is 7.06. The molecule has 0 radical (unpaired) electrons. The lowest BCUT2D eigenvalue weighted by Gasteiger charge is -2.26. The molecule has 0 rings (SSSR count). The summed E-state index contributed by atoms with van der Waals surface area (Å²) in [7, 11) is 0. The van der Waals surface area contributed by atoms with Crippen LogP contribution < -0.4 is 5.32 Å². The van der Waals surface area contributed by atoms with E-state index in [1.54, 1.807) is 6.92 Å². The van der Waals surface area contributed by atoms with Gasteiger partial charge in [0.1, 0.15) is 5.54 Å². The molecule has 2 atom stereocenters. The summed E-state index contributed by atoms with van der Waals surface area (Å²) in [5.41, 5.74) is -0.974. The summed E-state index contributed by atoms with van der Waals surface area (Å²) in [5, 5.41) is 12.2. The molecule has 2 N–H and O–H groups in total. The van der Waals surface area contributed by atoms with E-state index in [1.165, 1.54) is 12.8 Å². The standard InChI is InChI=1S/C14H29NO3/c1-5-8-9-12(6-2)10-18-11-14(4,13(16)17)15-7-3/h12,15H,5-11H2,1-4H3,(H,16,17). The molecule has 18 heavy (non-hydrogen) atoms. The molecule has 0 aromatic rings. The van der Waals surface area contributed by atoms with Crippen LogP contribution in [0.15, 0.2) is 0 Å². The SMILES string of the molecule is CCCCC(CC)COCC(C)(NCC)C(=O)O. The van der Waals surface area contributed by atoms with Crippen LogP contribution in [0, 0.1) is 5.92 Å². The lowest BCUT2D eigenvalue weighted by atomic mass is 10.00. The number of likely N-dealkylation sites (N-methyl/N-ethyl adjacent to an activating group) is 1. The molecule has 0 amide bonds. The lowest BCUT2D eigenvalue weighted by molar-refractivity contribution is -0.147. The second-order valence-electron chi connectivity index (χ2n) is 5.10. The number of aliphatic carboxylic acids is 1. The molecule has 4 nitrogen and oxygen atoms in total. The Bertz CT molecular complexity index is 233. The fourth-order valence-electron chi connectivity index (χ4n) is 1.91. The largest absolute Gasteiger partial charge is 0.480 e. The summed E-state index contributed by atoms with van der Waals surface area (Å²) < 4.78 is 5.62. The number of carboxylic acids is 1. The fraction of sp³-hybridized carbons (Fsp3) is 0.929. The van der Waals surface area contributed by atoms with E-state index in [-0.39, 0.29) is 6.61 Å². The van der Waals surface area contributed by atoms with E-state index in [4.69, 9.17) is 4.74 Å². The molecule has 108 valence electrons. The number of hydrogen-bond donors (Lipinski definition) is 2. The number of carbonyl (C=O) groups is 1. The van der Waals surface area contributed by atoms with Gasteiger partial charge in [-0.05, 0) is 25.8 Å². The third-order valence-electron chi connectivity index (χ3n) is 3.33. The van der Waals surface area contributed by atoms with Crippen LogP contribution in [-0.2, 0) is 9.53 Å². The van der Waals surface area contributed by atoms with E-state index in [2.05, 4.69) is 19.2 Å². The highest BCUT2D eigenvalue weighted by molar-refractivity contribution is 5.78. The van der Waals surface area contributed by atoms with E-state index in [0.29, 0.717) is 19.1 Å². The van der Waals surface area contributed by atoms with Crippen molar-refractivity contribution in [2.24, 2.45) is 5.92 Å². The van der Waals surface area contributed by atoms with Gasteiger partial charge in [-0.25, -0.2) is 0 Å². The van der Waals surface area contributed by atoms with Crippen LogP contribution in [0.5, 0.6) is 0 Å². The van der Waals surface area contributed by atoms with Crippen molar-refractivity contribution in [2.75, 3.05) is 19.8 Å². The van der Waals surface area contributed by atoms with Gasteiger partial charge < -0.3 is 15.2 Å². The topological polar surface area (TPSA) is 58.6 Å². The van der Waals surface area contributed by atoms with E-state index < -0.39 is 11.5 Å². The monoisotopic (exact) mass is 259 g/mol. The van der Waals surface area contributed by atoms with Crippen molar-refractivity contribution >= 4 is 5.97 Å². The van der Waals surface area contributed by atoms with Crippen LogP contribution in [0.25, 0.3) is 0 Å². The van der Waals surface area contributed by atoms with E-state index in [1.807, 2.05) is 6.92 Å². The highest BCUT2D eigenvalue weighted by Gasteiger charge is 2.32. The molecule has 0 fully saturated rings. The van der Waals surface area contributed by atoms with Gasteiger partial charge >= 0.3 is 5.97 Å². The number of rotatable bonds is 11. The first-order chi connectivity index (χ1) is 8.50. The summed E-state index contributed by atoms with van der Waals surface area (Å²) in [6.07, 6.45) is 4.66. The van der Waals surface area contributed by atoms with Gasteiger partial charge in [-0.2, -0.15) is 0 Å². The van der Waals surface area contributed by atoms with Gasteiger partial charge in [-0.3, -0.25) is 4.79 Å². The highest BCUT2D eigenvalue weighted by atomic mass is 16.5. The van der Waals surface area contributed by atoms with E-state index in [0.717, 1.165) is 12.8 Å². The molecular formula is C14H29NO3. The van der Waals surface area contributed by atoms with E-state index >= 15 is 0 Å². The second kappa shape index (κ2) is 9.34. The first kappa shape index (κ1) is 17.4. The summed E-state index contributed by atoms with van der Waals surface area (Å²) in [6.45, 7) is 9.41. The molecular weight excluding hydrogens is 230 g/mol. The predicted octanol–water partition coefficient (Wildman–Crippen LogP) is 2.67. The quantitative estimate of drug-likeness (QED) is 0.599. The smallest absolute Gasteiger partial charge is 0.326 e. The molecule has 0 aromatic heterocycles. The second-order valence-corrected chi connectivity index (χ2v) is 5.10. The van der Waals surface area contributed by atoms with Crippen molar-refractivity contribution in [3.05, 3.63) is 0 Å². The molecule has 0 aliphatic carbocycles. The van der Waals surface area contributed by atoms with Crippen LogP contribution in [0.4, 0.5) is 0 Å². The average molecular weight is 259 g/mol. The van der Waals surface area contributed by atoms with Crippen LogP contribution in [-0.4, -0.2) is 36.4 Å². The van der Waals surface area contributed by atoms with Gasteiger partial charge in [0.25, 0.3) is 0 Å². The third-order valence-corrected chi connectivity index (χ3v) is 3.33. The maximum atomic E-state index is 11.2. The Morgan fingerprint density at radius 3 is 2.50 bits per heavy atom. The molecule has 0 bridgehead atoms. The van der Waals surface area contributed by atoms with Crippen molar-refractivity contribution in [3.63, 3.8) is 0 Å². The van der Waals surface area contributed by atoms with Crippen LogP contribution in [0.3, 0.4) is 0 Å². The molecule has 4 heteroatoms. The number of ether oxygens (including phenoxy) is 1. The Morgan fingerprint density at radius 1 is 1.39 bits per heavy atom. The van der Waals surface area contributed by atoms with Gasteiger partial charge in [0.05, 0.1) is 6.61 Å². The van der Waals surface area contributed by atoms with Gasteiger partial charge in [0.15, 0.2) is 0 Å². The van der Waals surface area contributed by atoms with Crippen molar-refractivity contribution < 1.29 is 14.6 Å². The molecule has 0 aromatic carbocycles. The molecule has 0 saturated carbocycles. The van der Waals surface area contributed by atoms with Gasteiger partial charge in [0, 0.05) is 6.61 Å². The van der Waals surface area contributed by atoms with Crippen LogP contribution in [0.2, 0.25) is 0 Å². The molecule has 2 unspecified atom stereocenters. The fourth-order valence-corrected chi connectivity index (χ4v) is 1.91. The number of nitrogens with one attached hydrogen (secondary N) is 1. The highest BCUT2D eigenvalue weighted by Crippen LogP contribution is 2.14. The maximum Gasteiger partial charge on any atom is 0.326 e. The number of unbranched alkanes of at least 4 members (excludes halogenated alkanes) is 1. The zero-order valence-electron chi connectivity index (χ0n) is 12.3. The Hall–Kier alpha value is -0.610. The Kier molecular flexibility index (Phi) is 9.02. The van der Waals surface area contributed by atoms with Gasteiger partial charge in [-0.1, -0.05) is 40.0 Å². The normalized spacial score (nSPS) is 16.2. The van der Waals surface area contributed by atoms with Crippen LogP contribution in [0.1, 0.15) is 53.4 Å². The third kappa shape index (κ3) is 6.36. The summed E-state index contributed by atoms with van der Waals surface area (Å²) in [4.78, 5) is 11.2. The Morgan fingerprint density at radius 2 is 2.06 bits per heavy atom. The van der Waals surface area contributed by atoms with Crippen LogP contribution >= 0.6 is 0 Å². The summed E-state index contributed by atoms with van der Waals surface area (Å²) in [5.74, 6) is -0.310. The van der Waals surface area contributed by atoms with Gasteiger partial charge in [0.2, 0.25) is 0 Å². The molecule has 0 aliphatic rings. The van der Waals surface area contributed by atoms with E-state index in [9.17, 15) is 9.90 Å². The van der Waals surface area contributed by atoms with Crippen molar-refractivity contribution in [3.8, 4) is 0 Å². The van der Waals surface area contributed by atoms with Crippen molar-refractivity contribution in [1.29, 1.82) is 0 Å². The Labute approximate surface area is 111 Å². The zero-order valence-corrected chi connectivity index (χ0v) is 12.3. The molecule has 0 aliphatic heterocycles. The summed E-state index contributed by atoms with van der Waals surface area (Å²) >= 11 is 0. The molecule has 0 saturated heterocycles. The Balaban J connectivity index is 4.08. The summed E-state index contributed by atoms with van der Waals surface area (Å²) in [6, 6.07) is 0. The average Bonchev–Trinajstić information content (AvgIpc) is 2.33. The number of hydrogen-bond acceptors (Lipinski definition) is 3. The van der Waals surface area contributed by atoms with Gasteiger partial charge in [-0.15, -0.1) is 0 Å². The zero-order chi connectivity index (χ0) is 14.0. The van der Waals surface area contributed by atoms with Crippen molar-refractivity contribution in [2.45, 2.75) is 58.9 Å². The minimum atomic E-state index is -0.974. The minimum absolute atomic E-state index is 0.221.